The van der Waals surface area contributed by atoms with Crippen LogP contribution in [0.3, 0.4) is 0 Å². The van der Waals surface area contributed by atoms with E-state index in [2.05, 4.69) is 24.2 Å². The number of benzene rings is 1. The molecular formula is C18H20N2O2S. The van der Waals surface area contributed by atoms with E-state index in [0.29, 0.717) is 11.5 Å². The third-order valence-corrected chi connectivity index (χ3v) is 5.02. The minimum absolute atomic E-state index is 0.349. The number of nitrogens with zero attached hydrogens (tertiary/aromatic N) is 1. The van der Waals surface area contributed by atoms with Crippen LogP contribution in [0.25, 0.3) is 6.08 Å². The van der Waals surface area contributed by atoms with Gasteiger partial charge in [0.25, 0.3) is 0 Å². The molecule has 0 radical (unpaired) electrons. The number of fused-ring (bicyclic) bond motifs is 1. The highest BCUT2D eigenvalue weighted by Gasteiger charge is 2.25. The minimum Gasteiger partial charge on any atom is -0.493 e. The molecule has 1 atom stereocenters. The Balaban J connectivity index is 1.93. The molecule has 0 saturated heterocycles. The number of hydrogen-bond donors (Lipinski definition) is 1. The first-order valence-corrected chi connectivity index (χ1v) is 8.31. The summed E-state index contributed by atoms with van der Waals surface area (Å²) in [6.07, 6.45) is 5.37. The van der Waals surface area contributed by atoms with Crippen molar-refractivity contribution in [1.29, 1.82) is 0 Å². The lowest BCUT2D eigenvalue weighted by atomic mass is 10.1. The van der Waals surface area contributed by atoms with Gasteiger partial charge < -0.3 is 14.8 Å². The van der Waals surface area contributed by atoms with Crippen molar-refractivity contribution in [3.05, 3.63) is 45.8 Å². The van der Waals surface area contributed by atoms with E-state index in [1.165, 1.54) is 10.4 Å². The van der Waals surface area contributed by atoms with Crippen LogP contribution in [0.15, 0.2) is 29.3 Å². The van der Waals surface area contributed by atoms with E-state index in [1.54, 1.807) is 24.8 Å². The number of ether oxygens (including phenoxy) is 2. The van der Waals surface area contributed by atoms with Gasteiger partial charge in [-0.3, -0.25) is 0 Å². The van der Waals surface area contributed by atoms with Crippen molar-refractivity contribution in [2.75, 3.05) is 12.4 Å². The quantitative estimate of drug-likeness (QED) is 0.864. The molecule has 2 heterocycles. The number of aryl methyl sites for hydroxylation is 1. The molecule has 3 rings (SSSR count). The Bertz CT molecular complexity index is 778. The van der Waals surface area contributed by atoms with Gasteiger partial charge in [0.2, 0.25) is 6.23 Å². The summed E-state index contributed by atoms with van der Waals surface area (Å²) in [6, 6.07) is 5.90. The normalized spacial score (nSPS) is 16.3. The maximum atomic E-state index is 6.15. The highest BCUT2D eigenvalue weighted by atomic mass is 32.1. The van der Waals surface area contributed by atoms with Crippen LogP contribution >= 0.6 is 11.3 Å². The van der Waals surface area contributed by atoms with Crippen LogP contribution in [0.5, 0.6) is 11.5 Å². The van der Waals surface area contributed by atoms with E-state index in [-0.39, 0.29) is 6.23 Å². The second kappa shape index (κ2) is 6.46. The lowest BCUT2D eigenvalue weighted by molar-refractivity contribution is 0.206. The Morgan fingerprint density at radius 2 is 2.09 bits per heavy atom. The number of rotatable bonds is 4. The second-order valence-corrected chi connectivity index (χ2v) is 6.55. The van der Waals surface area contributed by atoms with Crippen molar-refractivity contribution in [1.82, 2.24) is 0 Å². The molecule has 1 aromatic heterocycles. The predicted molar refractivity (Wildman–Crippen MR) is 97.0 cm³/mol. The van der Waals surface area contributed by atoms with E-state index < -0.39 is 0 Å². The van der Waals surface area contributed by atoms with Crippen molar-refractivity contribution >= 4 is 28.8 Å². The third kappa shape index (κ3) is 2.97. The Kier molecular flexibility index (Phi) is 4.39. The zero-order valence-corrected chi connectivity index (χ0v) is 14.5. The maximum absolute atomic E-state index is 6.15. The highest BCUT2D eigenvalue weighted by Crippen LogP contribution is 2.42. The summed E-state index contributed by atoms with van der Waals surface area (Å²) >= 11 is 1.73. The third-order valence-electron chi connectivity index (χ3n) is 3.87. The number of nitrogens with one attached hydrogen (secondary N) is 1. The average molecular weight is 328 g/mol. The zero-order chi connectivity index (χ0) is 16.4. The number of thiophene rings is 1. The molecule has 120 valence electrons. The van der Waals surface area contributed by atoms with Gasteiger partial charge in [-0.25, -0.2) is 4.99 Å². The van der Waals surface area contributed by atoms with Gasteiger partial charge in [-0.05, 0) is 44.0 Å². The van der Waals surface area contributed by atoms with Gasteiger partial charge in [0.1, 0.15) is 5.00 Å². The number of anilines is 1. The van der Waals surface area contributed by atoms with Crippen LogP contribution in [-0.4, -0.2) is 13.4 Å². The Labute approximate surface area is 140 Å². The molecule has 1 N–H and O–H groups in total. The zero-order valence-electron chi connectivity index (χ0n) is 13.7. The first kappa shape index (κ1) is 15.6. The van der Waals surface area contributed by atoms with Crippen molar-refractivity contribution in [2.45, 2.75) is 27.0 Å². The molecular weight excluding hydrogens is 308 g/mol. The van der Waals surface area contributed by atoms with Gasteiger partial charge in [-0.1, -0.05) is 18.2 Å². The van der Waals surface area contributed by atoms with Gasteiger partial charge in [-0.2, -0.15) is 0 Å². The van der Waals surface area contributed by atoms with Crippen LogP contribution in [0.1, 0.15) is 34.7 Å². The highest BCUT2D eigenvalue weighted by molar-refractivity contribution is 7.16. The van der Waals surface area contributed by atoms with E-state index in [9.17, 15) is 0 Å². The SMILES string of the molecule is C/C=C/c1ccc(OC2N=CNc3sc(C)c(C)c32)c(OC)c1. The monoisotopic (exact) mass is 328 g/mol. The molecule has 0 saturated carbocycles. The fourth-order valence-electron chi connectivity index (χ4n) is 2.57. The van der Waals surface area contributed by atoms with Crippen molar-refractivity contribution < 1.29 is 9.47 Å². The van der Waals surface area contributed by atoms with E-state index >= 15 is 0 Å². The molecule has 23 heavy (non-hydrogen) atoms. The second-order valence-electron chi connectivity index (χ2n) is 5.33. The summed E-state index contributed by atoms with van der Waals surface area (Å²) in [4.78, 5) is 5.73. The summed E-state index contributed by atoms with van der Waals surface area (Å²) in [5, 5.41) is 4.30. The van der Waals surface area contributed by atoms with Gasteiger partial charge in [0.15, 0.2) is 11.5 Å². The Morgan fingerprint density at radius 3 is 2.83 bits per heavy atom. The topological polar surface area (TPSA) is 42.8 Å². The van der Waals surface area contributed by atoms with Crippen molar-refractivity contribution in [3.8, 4) is 11.5 Å². The van der Waals surface area contributed by atoms with Crippen LogP contribution in [0, 0.1) is 13.8 Å². The van der Waals surface area contributed by atoms with Crippen LogP contribution < -0.4 is 14.8 Å². The van der Waals surface area contributed by atoms with E-state index in [1.807, 2.05) is 37.3 Å². The molecule has 1 aliphatic rings. The van der Waals surface area contributed by atoms with Gasteiger partial charge in [-0.15, -0.1) is 11.3 Å². The smallest absolute Gasteiger partial charge is 0.220 e. The summed E-state index contributed by atoms with van der Waals surface area (Å²) < 4.78 is 11.6. The van der Waals surface area contributed by atoms with Gasteiger partial charge in [0, 0.05) is 4.88 Å². The molecule has 0 amide bonds. The lowest BCUT2D eigenvalue weighted by Gasteiger charge is -2.21. The first-order chi connectivity index (χ1) is 11.1. The molecule has 1 aromatic carbocycles. The minimum atomic E-state index is -0.349. The molecule has 5 heteroatoms. The summed E-state index contributed by atoms with van der Waals surface area (Å²) in [5.41, 5.74) is 3.41. The Morgan fingerprint density at radius 1 is 1.26 bits per heavy atom. The van der Waals surface area contributed by atoms with Crippen LogP contribution in [0.4, 0.5) is 5.00 Å². The molecule has 4 nitrogen and oxygen atoms in total. The lowest BCUT2D eigenvalue weighted by Crippen LogP contribution is -2.14. The Hall–Kier alpha value is -2.27. The summed E-state index contributed by atoms with van der Waals surface area (Å²) in [6.45, 7) is 6.21. The summed E-state index contributed by atoms with van der Waals surface area (Å²) in [7, 11) is 1.65. The van der Waals surface area contributed by atoms with Crippen LogP contribution in [0.2, 0.25) is 0 Å². The van der Waals surface area contributed by atoms with E-state index in [0.717, 1.165) is 16.1 Å². The number of methoxy groups -OCH3 is 1. The largest absolute Gasteiger partial charge is 0.493 e. The predicted octanol–water partition coefficient (Wildman–Crippen LogP) is 4.94. The maximum Gasteiger partial charge on any atom is 0.220 e. The van der Waals surface area contributed by atoms with Gasteiger partial charge >= 0.3 is 0 Å². The molecule has 0 fully saturated rings. The fourth-order valence-corrected chi connectivity index (χ4v) is 3.62. The molecule has 0 aliphatic carbocycles. The molecule has 0 bridgehead atoms. The first-order valence-electron chi connectivity index (χ1n) is 7.49. The molecule has 1 aliphatic heterocycles. The molecule has 0 spiro atoms. The molecule has 1 unspecified atom stereocenters. The average Bonchev–Trinajstić information content (AvgIpc) is 2.84. The number of hydrogen-bond acceptors (Lipinski definition) is 5. The van der Waals surface area contributed by atoms with Gasteiger partial charge in [0.05, 0.1) is 19.0 Å². The van der Waals surface area contributed by atoms with Crippen LogP contribution in [-0.2, 0) is 0 Å². The standard InChI is InChI=1S/C18H20N2O2S/c1-5-6-13-7-8-14(15(9-13)21-4)22-17-16-11(2)12(3)23-18(16)20-10-19-17/h5-10,17H,1-4H3,(H,19,20)/b6-5+. The summed E-state index contributed by atoms with van der Waals surface area (Å²) in [5.74, 6) is 1.40. The molecule has 2 aromatic rings. The fraction of sp³-hybridized carbons (Fsp3) is 0.278. The van der Waals surface area contributed by atoms with E-state index in [4.69, 9.17) is 9.47 Å². The van der Waals surface area contributed by atoms with Crippen molar-refractivity contribution in [2.24, 2.45) is 4.99 Å². The number of aliphatic imine (C=N–C) groups is 1. The number of allylic oxidation sites excluding steroid dienone is 1. The van der Waals surface area contributed by atoms with Crippen molar-refractivity contribution in [3.63, 3.8) is 0 Å².